The van der Waals surface area contributed by atoms with E-state index in [0.29, 0.717) is 18.0 Å². The first kappa shape index (κ1) is 13.8. The largest absolute Gasteiger partial charge is 0.366 e. The minimum absolute atomic E-state index is 0.0356. The molecule has 1 aliphatic rings. The van der Waals surface area contributed by atoms with Gasteiger partial charge < -0.3 is 16.0 Å². The van der Waals surface area contributed by atoms with Crippen LogP contribution in [-0.2, 0) is 0 Å². The van der Waals surface area contributed by atoms with Crippen LogP contribution < -0.4 is 11.1 Å². The lowest BCUT2D eigenvalue weighted by atomic mass is 10.0. The van der Waals surface area contributed by atoms with Gasteiger partial charge >= 0.3 is 0 Å². The van der Waals surface area contributed by atoms with Crippen LogP contribution in [0.3, 0.4) is 0 Å². The zero-order chi connectivity index (χ0) is 14.8. The van der Waals surface area contributed by atoms with E-state index in [-0.39, 0.29) is 17.8 Å². The molecule has 4 nitrogen and oxygen atoms in total. The summed E-state index contributed by atoms with van der Waals surface area (Å²) < 4.78 is 13.0. The van der Waals surface area contributed by atoms with Crippen molar-refractivity contribution in [2.24, 2.45) is 11.7 Å². The topological polar surface area (TPSA) is 70.9 Å². The van der Waals surface area contributed by atoms with Gasteiger partial charge in [-0.3, -0.25) is 4.79 Å². The molecule has 4 N–H and O–H groups in total. The van der Waals surface area contributed by atoms with Crippen molar-refractivity contribution in [2.45, 2.75) is 18.9 Å². The molecule has 0 aliphatic heterocycles. The molecule has 1 unspecified atom stereocenters. The Bertz CT molecular complexity index is 631. The summed E-state index contributed by atoms with van der Waals surface area (Å²) in [4.78, 5) is 15.4. The third-order valence-electron chi connectivity index (χ3n) is 3.91. The van der Waals surface area contributed by atoms with Gasteiger partial charge in [0, 0.05) is 30.5 Å². The van der Waals surface area contributed by atoms with Gasteiger partial charge in [-0.2, -0.15) is 0 Å². The molecular formula is C16H18FN3O. The Morgan fingerprint density at radius 2 is 2.05 bits per heavy atom. The average molecular weight is 287 g/mol. The lowest BCUT2D eigenvalue weighted by Crippen LogP contribution is -2.41. The molecule has 0 saturated heterocycles. The van der Waals surface area contributed by atoms with Gasteiger partial charge in [-0.15, -0.1) is 0 Å². The first-order chi connectivity index (χ1) is 10.2. The number of nitrogens with two attached hydrogens (primary N) is 1. The van der Waals surface area contributed by atoms with Crippen molar-refractivity contribution in [2.75, 3.05) is 6.54 Å². The Morgan fingerprint density at radius 3 is 2.67 bits per heavy atom. The van der Waals surface area contributed by atoms with Gasteiger partial charge in [-0.05, 0) is 36.5 Å². The number of benzene rings is 1. The number of nitrogens with one attached hydrogen (secondary N) is 2. The second-order valence-corrected chi connectivity index (χ2v) is 5.44. The van der Waals surface area contributed by atoms with Crippen LogP contribution in [0.1, 0.15) is 23.2 Å². The van der Waals surface area contributed by atoms with Crippen molar-refractivity contribution in [3.63, 3.8) is 0 Å². The van der Waals surface area contributed by atoms with Crippen LogP contribution in [0.5, 0.6) is 0 Å². The molecule has 1 heterocycles. The normalized spacial score (nSPS) is 15.7. The number of aromatic amines is 1. The predicted octanol–water partition coefficient (Wildman–Crippen LogP) is 2.29. The van der Waals surface area contributed by atoms with Crippen LogP contribution in [0.2, 0.25) is 0 Å². The molecule has 1 aromatic heterocycles. The Labute approximate surface area is 122 Å². The molecule has 1 amide bonds. The van der Waals surface area contributed by atoms with Crippen LogP contribution in [0.25, 0.3) is 11.1 Å². The molecule has 1 aromatic carbocycles. The summed E-state index contributed by atoms with van der Waals surface area (Å²) in [7, 11) is 0. The third-order valence-corrected chi connectivity index (χ3v) is 3.91. The molecule has 3 rings (SSSR count). The van der Waals surface area contributed by atoms with Crippen LogP contribution in [0.4, 0.5) is 4.39 Å². The van der Waals surface area contributed by atoms with Gasteiger partial charge in [0.15, 0.2) is 0 Å². The molecule has 110 valence electrons. The SMILES string of the molecule is NCC(NC(=O)c1c[nH]cc1-c1ccc(F)cc1)C1CC1. The summed E-state index contributed by atoms with van der Waals surface area (Å²) in [6, 6.07) is 6.13. The highest BCUT2D eigenvalue weighted by Crippen LogP contribution is 2.32. The number of carbonyl (C=O) groups is 1. The summed E-state index contributed by atoms with van der Waals surface area (Å²) in [5, 5.41) is 2.99. The second kappa shape index (κ2) is 5.69. The van der Waals surface area contributed by atoms with E-state index in [4.69, 9.17) is 5.73 Å². The van der Waals surface area contributed by atoms with Gasteiger partial charge in [-0.25, -0.2) is 4.39 Å². The van der Waals surface area contributed by atoms with E-state index in [2.05, 4.69) is 10.3 Å². The summed E-state index contributed by atoms with van der Waals surface area (Å²) in [6.07, 6.45) is 5.66. The van der Waals surface area contributed by atoms with E-state index in [9.17, 15) is 9.18 Å². The molecule has 1 fully saturated rings. The molecule has 0 radical (unpaired) electrons. The van der Waals surface area contributed by atoms with Crippen LogP contribution in [-0.4, -0.2) is 23.5 Å². The molecular weight excluding hydrogens is 269 g/mol. The van der Waals surface area contributed by atoms with Crippen molar-refractivity contribution in [3.05, 3.63) is 48.0 Å². The number of hydrogen-bond acceptors (Lipinski definition) is 2. The van der Waals surface area contributed by atoms with Crippen molar-refractivity contribution >= 4 is 5.91 Å². The maximum atomic E-state index is 13.0. The Morgan fingerprint density at radius 1 is 1.33 bits per heavy atom. The molecule has 0 bridgehead atoms. The smallest absolute Gasteiger partial charge is 0.253 e. The monoisotopic (exact) mass is 287 g/mol. The van der Waals surface area contributed by atoms with Crippen LogP contribution >= 0.6 is 0 Å². The number of H-pyrrole nitrogens is 1. The third kappa shape index (κ3) is 2.97. The minimum atomic E-state index is -0.294. The number of amides is 1. The highest BCUT2D eigenvalue weighted by Gasteiger charge is 2.31. The van der Waals surface area contributed by atoms with Gasteiger partial charge in [-0.1, -0.05) is 12.1 Å². The Kier molecular flexibility index (Phi) is 3.75. The maximum Gasteiger partial charge on any atom is 0.253 e. The first-order valence-corrected chi connectivity index (χ1v) is 7.12. The summed E-state index contributed by atoms with van der Waals surface area (Å²) >= 11 is 0. The Hall–Kier alpha value is -2.14. The lowest BCUT2D eigenvalue weighted by molar-refractivity contribution is 0.0934. The van der Waals surface area contributed by atoms with E-state index in [1.54, 1.807) is 24.5 Å². The van der Waals surface area contributed by atoms with Crippen LogP contribution in [0.15, 0.2) is 36.7 Å². The van der Waals surface area contributed by atoms with E-state index in [1.807, 2.05) is 0 Å². The molecule has 1 atom stereocenters. The summed E-state index contributed by atoms with van der Waals surface area (Å²) in [5.41, 5.74) is 7.84. The highest BCUT2D eigenvalue weighted by molar-refractivity contribution is 6.00. The molecule has 0 spiro atoms. The van der Waals surface area contributed by atoms with Crippen molar-refractivity contribution in [1.29, 1.82) is 0 Å². The van der Waals surface area contributed by atoms with Crippen molar-refractivity contribution in [1.82, 2.24) is 10.3 Å². The van der Waals surface area contributed by atoms with Gasteiger partial charge in [0.1, 0.15) is 5.82 Å². The van der Waals surface area contributed by atoms with Gasteiger partial charge in [0.2, 0.25) is 0 Å². The van der Waals surface area contributed by atoms with Gasteiger partial charge in [0.25, 0.3) is 5.91 Å². The fourth-order valence-electron chi connectivity index (χ4n) is 2.53. The zero-order valence-corrected chi connectivity index (χ0v) is 11.6. The number of rotatable bonds is 5. The molecule has 1 aliphatic carbocycles. The Balaban J connectivity index is 1.81. The van der Waals surface area contributed by atoms with Crippen molar-refractivity contribution < 1.29 is 9.18 Å². The predicted molar refractivity (Wildman–Crippen MR) is 79.2 cm³/mol. The molecule has 2 aromatic rings. The average Bonchev–Trinajstić information content (AvgIpc) is 3.21. The number of halogens is 1. The second-order valence-electron chi connectivity index (χ2n) is 5.44. The number of carbonyl (C=O) groups excluding carboxylic acids is 1. The fraction of sp³-hybridized carbons (Fsp3) is 0.312. The summed E-state index contributed by atoms with van der Waals surface area (Å²) in [6.45, 7) is 0.451. The van der Waals surface area contributed by atoms with E-state index < -0.39 is 0 Å². The zero-order valence-electron chi connectivity index (χ0n) is 11.6. The van der Waals surface area contributed by atoms with E-state index in [0.717, 1.165) is 24.0 Å². The quantitative estimate of drug-likeness (QED) is 0.789. The van der Waals surface area contributed by atoms with Gasteiger partial charge in [0.05, 0.1) is 5.56 Å². The van der Waals surface area contributed by atoms with E-state index in [1.165, 1.54) is 12.1 Å². The minimum Gasteiger partial charge on any atom is -0.366 e. The van der Waals surface area contributed by atoms with Crippen LogP contribution in [0, 0.1) is 11.7 Å². The standard InChI is InChI=1S/C16H18FN3O/c17-12-5-3-10(4-6-12)13-8-19-9-14(13)16(21)20-15(7-18)11-1-2-11/h3-6,8-9,11,15,19H,1-2,7,18H2,(H,20,21). The number of hydrogen-bond donors (Lipinski definition) is 3. The highest BCUT2D eigenvalue weighted by atomic mass is 19.1. The maximum absolute atomic E-state index is 13.0. The molecule has 1 saturated carbocycles. The fourth-order valence-corrected chi connectivity index (χ4v) is 2.53. The molecule has 21 heavy (non-hydrogen) atoms. The first-order valence-electron chi connectivity index (χ1n) is 7.12. The lowest BCUT2D eigenvalue weighted by Gasteiger charge is -2.16. The van der Waals surface area contributed by atoms with Crippen molar-refractivity contribution in [3.8, 4) is 11.1 Å². The number of aromatic nitrogens is 1. The van der Waals surface area contributed by atoms with E-state index >= 15 is 0 Å². The molecule has 5 heteroatoms. The summed E-state index contributed by atoms with van der Waals surface area (Å²) in [5.74, 6) is 0.0716.